The number of hydrogen-bond donors (Lipinski definition) is 3. The Kier molecular flexibility index (Phi) is 7.37. The van der Waals surface area contributed by atoms with Gasteiger partial charge < -0.3 is 24.7 Å². The van der Waals surface area contributed by atoms with Crippen molar-refractivity contribution in [2.24, 2.45) is 0 Å². The molecule has 1 unspecified atom stereocenters. The predicted octanol–water partition coefficient (Wildman–Crippen LogP) is 0.406. The first kappa shape index (κ1) is 21.1. The van der Waals surface area contributed by atoms with E-state index in [1.54, 1.807) is 4.90 Å². The van der Waals surface area contributed by atoms with Crippen molar-refractivity contribution < 1.29 is 33.2 Å². The Labute approximate surface area is 141 Å². The number of carbonyl (C=O) groups is 2. The largest absolute Gasteiger partial charge is 0.469 e. The molecular weight excluding hydrogens is 339 g/mol. The summed E-state index contributed by atoms with van der Waals surface area (Å²) in [7, 11) is -4.72. The van der Waals surface area contributed by atoms with Gasteiger partial charge in [-0.1, -0.05) is 0 Å². The van der Waals surface area contributed by atoms with E-state index in [4.69, 9.17) is 14.5 Å². The van der Waals surface area contributed by atoms with Gasteiger partial charge in [0.25, 0.3) is 0 Å². The van der Waals surface area contributed by atoms with Crippen LogP contribution in [-0.4, -0.2) is 63.9 Å². The van der Waals surface area contributed by atoms with Crippen molar-refractivity contribution in [1.82, 2.24) is 10.2 Å². The number of hydrogen-bond acceptors (Lipinski definition) is 5. The normalized spacial score (nSPS) is 18.3. The number of likely N-dealkylation sites (tertiary alicyclic amines) is 1. The van der Waals surface area contributed by atoms with Gasteiger partial charge in [0.1, 0.15) is 6.04 Å². The summed E-state index contributed by atoms with van der Waals surface area (Å²) >= 11 is 0. The van der Waals surface area contributed by atoms with Crippen molar-refractivity contribution in [2.75, 3.05) is 19.7 Å². The minimum absolute atomic E-state index is 0.0552. The monoisotopic (exact) mass is 366 g/mol. The maximum absolute atomic E-state index is 12.5. The molecular formula is C14H27N2O7P. The molecule has 24 heavy (non-hydrogen) atoms. The van der Waals surface area contributed by atoms with Crippen molar-refractivity contribution in [3.63, 3.8) is 0 Å². The standard InChI is InChI=1S/C14H27N2O7P/c1-10(17)15-12(9-22-24(19,20)21)13(18)16-7-5-11(6-8-16)23-14(2,3)4/h11-12H,5-9H2,1-4H3,(H,15,17)(H2,19,20,21). The molecule has 1 heterocycles. The Morgan fingerprint density at radius 2 is 1.83 bits per heavy atom. The summed E-state index contributed by atoms with van der Waals surface area (Å²) < 4.78 is 21.1. The molecule has 1 rings (SSSR count). The molecule has 9 nitrogen and oxygen atoms in total. The molecule has 1 aliphatic heterocycles. The number of carbonyl (C=O) groups excluding carboxylic acids is 2. The number of piperidine rings is 1. The first-order valence-corrected chi connectivity index (χ1v) is 9.34. The molecule has 0 aromatic carbocycles. The van der Waals surface area contributed by atoms with Crippen LogP contribution in [0.2, 0.25) is 0 Å². The minimum Gasteiger partial charge on any atom is -0.372 e. The molecule has 0 saturated carbocycles. The molecule has 10 heteroatoms. The summed E-state index contributed by atoms with van der Waals surface area (Å²) in [5.74, 6) is -0.901. The molecule has 2 amide bonds. The van der Waals surface area contributed by atoms with E-state index in [2.05, 4.69) is 9.84 Å². The third kappa shape index (κ3) is 8.21. The molecule has 0 aliphatic carbocycles. The van der Waals surface area contributed by atoms with Crippen LogP contribution in [0.1, 0.15) is 40.5 Å². The van der Waals surface area contributed by atoms with Crippen LogP contribution in [0.5, 0.6) is 0 Å². The van der Waals surface area contributed by atoms with Crippen molar-refractivity contribution >= 4 is 19.6 Å². The van der Waals surface area contributed by atoms with Gasteiger partial charge in [0, 0.05) is 20.0 Å². The first-order chi connectivity index (χ1) is 10.9. The lowest BCUT2D eigenvalue weighted by Crippen LogP contribution is -2.53. The van der Waals surface area contributed by atoms with Crippen LogP contribution >= 0.6 is 7.82 Å². The highest BCUT2D eigenvalue weighted by Gasteiger charge is 2.32. The smallest absolute Gasteiger partial charge is 0.372 e. The van der Waals surface area contributed by atoms with Gasteiger partial charge in [-0.3, -0.25) is 14.1 Å². The van der Waals surface area contributed by atoms with Crippen molar-refractivity contribution in [1.29, 1.82) is 0 Å². The Morgan fingerprint density at radius 1 is 1.29 bits per heavy atom. The second kappa shape index (κ2) is 8.40. The second-order valence-electron chi connectivity index (χ2n) is 6.79. The SMILES string of the molecule is CC(=O)NC(COP(=O)(O)O)C(=O)N1CCC(OC(C)(C)C)CC1. The van der Waals surface area contributed by atoms with Gasteiger partial charge in [0.15, 0.2) is 0 Å². The number of rotatable bonds is 6. The van der Waals surface area contributed by atoms with Gasteiger partial charge in [-0.2, -0.15) is 0 Å². The van der Waals surface area contributed by atoms with Crippen LogP contribution in [0.3, 0.4) is 0 Å². The maximum atomic E-state index is 12.5. The Bertz CT molecular complexity index is 492. The minimum atomic E-state index is -4.72. The molecule has 1 atom stereocenters. The van der Waals surface area contributed by atoms with Gasteiger partial charge in [-0.15, -0.1) is 0 Å². The molecule has 0 radical (unpaired) electrons. The quantitative estimate of drug-likeness (QED) is 0.581. The summed E-state index contributed by atoms with van der Waals surface area (Å²) in [6, 6.07) is -1.13. The lowest BCUT2D eigenvalue weighted by Gasteiger charge is -2.36. The van der Waals surface area contributed by atoms with Crippen molar-refractivity contribution in [3.05, 3.63) is 0 Å². The highest BCUT2D eigenvalue weighted by molar-refractivity contribution is 7.46. The number of amides is 2. The maximum Gasteiger partial charge on any atom is 0.469 e. The van der Waals surface area contributed by atoms with E-state index >= 15 is 0 Å². The van der Waals surface area contributed by atoms with Crippen LogP contribution in [-0.2, 0) is 23.4 Å². The summed E-state index contributed by atoms with van der Waals surface area (Å²) in [5, 5.41) is 2.37. The Balaban J connectivity index is 2.61. The molecule has 1 fully saturated rings. The average Bonchev–Trinajstić information content (AvgIpc) is 2.40. The molecule has 0 bridgehead atoms. The zero-order chi connectivity index (χ0) is 18.5. The highest BCUT2D eigenvalue weighted by Crippen LogP contribution is 2.35. The highest BCUT2D eigenvalue weighted by atomic mass is 31.2. The third-order valence-electron chi connectivity index (χ3n) is 3.36. The van der Waals surface area contributed by atoms with E-state index in [0.717, 1.165) is 0 Å². The van der Waals surface area contributed by atoms with Gasteiger partial charge in [0.05, 0.1) is 18.3 Å². The summed E-state index contributed by atoms with van der Waals surface area (Å²) in [5.41, 5.74) is -0.257. The molecule has 140 valence electrons. The molecule has 0 aromatic rings. The van der Waals surface area contributed by atoms with Crippen LogP contribution in [0.4, 0.5) is 0 Å². The fourth-order valence-electron chi connectivity index (χ4n) is 2.51. The second-order valence-corrected chi connectivity index (χ2v) is 8.03. The number of phosphoric acid groups is 1. The first-order valence-electron chi connectivity index (χ1n) is 7.81. The topological polar surface area (TPSA) is 125 Å². The number of nitrogens with zero attached hydrogens (tertiary/aromatic N) is 1. The fourth-order valence-corrected chi connectivity index (χ4v) is 2.85. The zero-order valence-corrected chi connectivity index (χ0v) is 15.4. The zero-order valence-electron chi connectivity index (χ0n) is 14.5. The molecule has 1 aliphatic rings. The van der Waals surface area contributed by atoms with Crippen LogP contribution in [0, 0.1) is 0 Å². The Morgan fingerprint density at radius 3 is 2.25 bits per heavy atom. The van der Waals surface area contributed by atoms with Gasteiger partial charge in [0.2, 0.25) is 11.8 Å². The van der Waals surface area contributed by atoms with E-state index in [0.29, 0.717) is 25.9 Å². The van der Waals surface area contributed by atoms with E-state index in [9.17, 15) is 14.2 Å². The Hall–Kier alpha value is -0.990. The van der Waals surface area contributed by atoms with Crippen LogP contribution in [0.25, 0.3) is 0 Å². The van der Waals surface area contributed by atoms with E-state index in [1.807, 2.05) is 20.8 Å². The summed E-state index contributed by atoms with van der Waals surface area (Å²) in [6.45, 7) is 7.45. The van der Waals surface area contributed by atoms with Crippen molar-refractivity contribution in [3.8, 4) is 0 Å². The van der Waals surface area contributed by atoms with Gasteiger partial charge in [-0.05, 0) is 33.6 Å². The molecule has 0 spiro atoms. The number of ether oxygens (including phenoxy) is 1. The van der Waals surface area contributed by atoms with Gasteiger partial charge in [-0.25, -0.2) is 4.57 Å². The third-order valence-corrected chi connectivity index (χ3v) is 3.84. The van der Waals surface area contributed by atoms with E-state index in [1.165, 1.54) is 6.92 Å². The number of nitrogens with one attached hydrogen (secondary N) is 1. The summed E-state index contributed by atoms with van der Waals surface area (Å²) in [6.07, 6.45) is 1.38. The van der Waals surface area contributed by atoms with Crippen LogP contribution in [0.15, 0.2) is 0 Å². The fraction of sp³-hybridized carbons (Fsp3) is 0.857. The predicted molar refractivity (Wildman–Crippen MR) is 86.0 cm³/mol. The van der Waals surface area contributed by atoms with E-state index in [-0.39, 0.29) is 11.7 Å². The van der Waals surface area contributed by atoms with Crippen LogP contribution < -0.4 is 5.32 Å². The molecule has 1 saturated heterocycles. The van der Waals surface area contributed by atoms with Gasteiger partial charge >= 0.3 is 7.82 Å². The lowest BCUT2D eigenvalue weighted by molar-refractivity contribution is -0.141. The molecule has 0 aromatic heterocycles. The van der Waals surface area contributed by atoms with E-state index < -0.39 is 32.3 Å². The number of phosphoric ester groups is 1. The van der Waals surface area contributed by atoms with Crippen molar-refractivity contribution in [2.45, 2.75) is 58.3 Å². The lowest BCUT2D eigenvalue weighted by atomic mass is 10.0. The summed E-state index contributed by atoms with van der Waals surface area (Å²) in [4.78, 5) is 42.8. The average molecular weight is 366 g/mol. The molecule has 3 N–H and O–H groups in total.